The highest BCUT2D eigenvalue weighted by Gasteiger charge is 2.48. The van der Waals surface area contributed by atoms with Gasteiger partial charge in [-0.3, -0.25) is 4.79 Å². The van der Waals surface area contributed by atoms with Gasteiger partial charge >= 0.3 is 0 Å². The molecule has 4 heteroatoms. The van der Waals surface area contributed by atoms with Crippen LogP contribution in [0.1, 0.15) is 42.5 Å². The van der Waals surface area contributed by atoms with Gasteiger partial charge < -0.3 is 9.30 Å². The van der Waals surface area contributed by atoms with Crippen molar-refractivity contribution in [3.8, 4) is 0 Å². The van der Waals surface area contributed by atoms with Crippen molar-refractivity contribution >= 4 is 11.4 Å². The number of aryl methyl sites for hydroxylation is 1. The Morgan fingerprint density at radius 1 is 1.18 bits per heavy atom. The maximum atomic E-state index is 13.6. The van der Waals surface area contributed by atoms with Crippen LogP contribution in [0, 0.1) is 5.82 Å². The summed E-state index contributed by atoms with van der Waals surface area (Å²) >= 11 is 0. The van der Waals surface area contributed by atoms with Gasteiger partial charge in [-0.2, -0.15) is 0 Å². The Morgan fingerprint density at radius 2 is 1.96 bits per heavy atom. The molecule has 1 fully saturated rings. The standard InChI is InChI=1S/C24H25FN2O/c1-26(23(28)24(12-4-13-24)18-7-9-19(25)10-8-18)20-11-6-17-15-21-5-2-3-14-27(21)22(17)16-20/h2-3,5,7-10,14-15,20H,4,6,11-13,16H2,1H3/t20-/m1/s1. The first-order valence-electron chi connectivity index (χ1n) is 10.2. The Hall–Kier alpha value is -2.62. The van der Waals surface area contributed by atoms with Crippen molar-refractivity contribution < 1.29 is 9.18 Å². The molecule has 144 valence electrons. The van der Waals surface area contributed by atoms with Crippen LogP contribution >= 0.6 is 0 Å². The number of carbonyl (C=O) groups is 1. The molecule has 1 saturated carbocycles. The van der Waals surface area contributed by atoms with Gasteiger partial charge in [-0.05, 0) is 67.1 Å². The molecule has 1 aromatic carbocycles. The van der Waals surface area contributed by atoms with E-state index in [1.165, 1.54) is 28.9 Å². The summed E-state index contributed by atoms with van der Waals surface area (Å²) in [6.45, 7) is 0. The van der Waals surface area contributed by atoms with Crippen LogP contribution in [0.5, 0.6) is 0 Å². The second-order valence-electron chi connectivity index (χ2n) is 8.37. The zero-order chi connectivity index (χ0) is 19.3. The monoisotopic (exact) mass is 376 g/mol. The number of pyridine rings is 1. The Labute approximate surface area is 164 Å². The number of aromatic nitrogens is 1. The van der Waals surface area contributed by atoms with Gasteiger partial charge in [-0.15, -0.1) is 0 Å². The highest BCUT2D eigenvalue weighted by molar-refractivity contribution is 5.89. The maximum absolute atomic E-state index is 13.6. The van der Waals surface area contributed by atoms with E-state index < -0.39 is 5.41 Å². The fourth-order valence-electron chi connectivity index (χ4n) is 5.09. The van der Waals surface area contributed by atoms with E-state index in [4.69, 9.17) is 0 Å². The van der Waals surface area contributed by atoms with Crippen molar-refractivity contribution in [1.29, 1.82) is 0 Å². The molecule has 0 saturated heterocycles. The second kappa shape index (κ2) is 6.47. The van der Waals surface area contributed by atoms with Crippen LogP contribution in [-0.4, -0.2) is 28.3 Å². The van der Waals surface area contributed by atoms with E-state index in [0.717, 1.165) is 44.1 Å². The third kappa shape index (κ3) is 2.58. The van der Waals surface area contributed by atoms with Crippen LogP contribution in [0.2, 0.25) is 0 Å². The summed E-state index contributed by atoms with van der Waals surface area (Å²) in [5.41, 5.74) is 4.45. The smallest absolute Gasteiger partial charge is 0.233 e. The highest BCUT2D eigenvalue weighted by atomic mass is 19.1. The van der Waals surface area contributed by atoms with Gasteiger partial charge in [0.15, 0.2) is 0 Å². The number of amides is 1. The number of benzene rings is 1. The summed E-state index contributed by atoms with van der Waals surface area (Å²) in [5.74, 6) is -0.0568. The zero-order valence-corrected chi connectivity index (χ0v) is 16.2. The summed E-state index contributed by atoms with van der Waals surface area (Å²) < 4.78 is 15.7. The van der Waals surface area contributed by atoms with Gasteiger partial charge in [0, 0.05) is 36.9 Å². The number of nitrogens with zero attached hydrogens (tertiary/aromatic N) is 2. The molecule has 0 spiro atoms. The first-order valence-corrected chi connectivity index (χ1v) is 10.2. The van der Waals surface area contributed by atoms with Crippen LogP contribution in [-0.2, 0) is 23.1 Å². The number of fused-ring (bicyclic) bond motifs is 3. The van der Waals surface area contributed by atoms with Crippen LogP contribution in [0.25, 0.3) is 5.52 Å². The molecule has 1 atom stereocenters. The van der Waals surface area contributed by atoms with E-state index in [-0.39, 0.29) is 17.8 Å². The molecule has 0 unspecified atom stereocenters. The summed E-state index contributed by atoms with van der Waals surface area (Å²) in [6, 6.07) is 15.3. The molecular formula is C24H25FN2O. The van der Waals surface area contributed by atoms with Gasteiger partial charge in [0.2, 0.25) is 5.91 Å². The van der Waals surface area contributed by atoms with Gasteiger partial charge in [0.25, 0.3) is 0 Å². The first-order chi connectivity index (χ1) is 13.6. The van der Waals surface area contributed by atoms with E-state index in [1.807, 2.05) is 11.9 Å². The van der Waals surface area contributed by atoms with E-state index in [1.54, 1.807) is 12.1 Å². The van der Waals surface area contributed by atoms with E-state index in [0.29, 0.717) is 0 Å². The molecule has 2 aliphatic carbocycles. The Bertz CT molecular complexity index is 1030. The number of carbonyl (C=O) groups excluding carboxylic acids is 1. The van der Waals surface area contributed by atoms with Gasteiger partial charge in [0.1, 0.15) is 5.82 Å². The summed E-state index contributed by atoms with van der Waals surface area (Å²) in [4.78, 5) is 15.6. The minimum Gasteiger partial charge on any atom is -0.342 e. The average Bonchev–Trinajstić information content (AvgIpc) is 3.06. The fraction of sp³-hybridized carbons (Fsp3) is 0.375. The fourth-order valence-corrected chi connectivity index (χ4v) is 5.09. The molecule has 2 aliphatic rings. The van der Waals surface area contributed by atoms with Gasteiger partial charge in [-0.1, -0.05) is 24.6 Å². The molecule has 3 nitrogen and oxygen atoms in total. The summed E-state index contributed by atoms with van der Waals surface area (Å²) in [5, 5.41) is 0. The molecule has 0 radical (unpaired) electrons. The number of hydrogen-bond donors (Lipinski definition) is 0. The van der Waals surface area contributed by atoms with Crippen LogP contribution in [0.3, 0.4) is 0 Å². The summed E-state index contributed by atoms with van der Waals surface area (Å²) in [7, 11) is 1.96. The molecular weight excluding hydrogens is 351 g/mol. The Balaban J connectivity index is 1.42. The van der Waals surface area contributed by atoms with Crippen LogP contribution in [0.4, 0.5) is 4.39 Å². The predicted molar refractivity (Wildman–Crippen MR) is 108 cm³/mol. The summed E-state index contributed by atoms with van der Waals surface area (Å²) in [6.07, 6.45) is 7.75. The van der Waals surface area contributed by atoms with E-state index in [9.17, 15) is 9.18 Å². The predicted octanol–water partition coefficient (Wildman–Crippen LogP) is 4.52. The van der Waals surface area contributed by atoms with Crippen LogP contribution < -0.4 is 0 Å². The topological polar surface area (TPSA) is 24.7 Å². The Kier molecular flexibility index (Phi) is 4.04. The minimum absolute atomic E-state index is 0.194. The molecule has 2 aromatic heterocycles. The first kappa shape index (κ1) is 17.5. The molecule has 2 heterocycles. The van der Waals surface area contributed by atoms with Crippen molar-refractivity contribution in [2.45, 2.75) is 50.0 Å². The van der Waals surface area contributed by atoms with Crippen molar-refractivity contribution in [3.05, 3.63) is 77.4 Å². The lowest BCUT2D eigenvalue weighted by molar-refractivity contribution is -0.142. The van der Waals surface area contributed by atoms with Gasteiger partial charge in [-0.25, -0.2) is 4.39 Å². The normalized spacial score (nSPS) is 20.4. The molecule has 5 rings (SSSR count). The molecule has 3 aromatic rings. The van der Waals surface area contributed by atoms with Crippen molar-refractivity contribution in [1.82, 2.24) is 9.30 Å². The van der Waals surface area contributed by atoms with Crippen molar-refractivity contribution in [2.75, 3.05) is 7.05 Å². The minimum atomic E-state index is -0.468. The largest absolute Gasteiger partial charge is 0.342 e. The van der Waals surface area contributed by atoms with Crippen LogP contribution in [0.15, 0.2) is 54.7 Å². The third-order valence-electron chi connectivity index (χ3n) is 6.93. The lowest BCUT2D eigenvalue weighted by atomic mass is 9.63. The second-order valence-corrected chi connectivity index (χ2v) is 8.37. The van der Waals surface area contributed by atoms with E-state index >= 15 is 0 Å². The number of likely N-dealkylation sites (N-methyl/N-ethyl adjacent to an activating group) is 1. The molecule has 0 N–H and O–H groups in total. The SMILES string of the molecule is CN(C(=O)C1(c2ccc(F)cc2)CCC1)[C@@H]1CCc2cc3ccccn3c2C1. The van der Waals surface area contributed by atoms with E-state index in [2.05, 4.69) is 34.9 Å². The maximum Gasteiger partial charge on any atom is 0.233 e. The Morgan fingerprint density at radius 3 is 2.68 bits per heavy atom. The lowest BCUT2D eigenvalue weighted by Gasteiger charge is -2.45. The lowest BCUT2D eigenvalue weighted by Crippen LogP contribution is -2.53. The quantitative estimate of drug-likeness (QED) is 0.660. The molecule has 0 aliphatic heterocycles. The third-order valence-corrected chi connectivity index (χ3v) is 6.93. The number of rotatable bonds is 3. The molecule has 1 amide bonds. The number of hydrogen-bond acceptors (Lipinski definition) is 1. The highest BCUT2D eigenvalue weighted by Crippen LogP contribution is 2.45. The molecule has 0 bridgehead atoms. The van der Waals surface area contributed by atoms with Crippen molar-refractivity contribution in [2.24, 2.45) is 0 Å². The van der Waals surface area contributed by atoms with Crippen molar-refractivity contribution in [3.63, 3.8) is 0 Å². The molecule has 28 heavy (non-hydrogen) atoms. The average molecular weight is 376 g/mol. The zero-order valence-electron chi connectivity index (χ0n) is 16.2. The number of halogens is 1. The van der Waals surface area contributed by atoms with Gasteiger partial charge in [0.05, 0.1) is 5.41 Å².